The second-order valence-corrected chi connectivity index (χ2v) is 7.10. The quantitative estimate of drug-likeness (QED) is 0.222. The number of guanidine groups is 1. The Balaban J connectivity index is 0.00000341. The minimum atomic E-state index is -4.49. The van der Waals surface area contributed by atoms with Gasteiger partial charge in [0.2, 0.25) is 5.95 Å². The number of rotatable bonds is 6. The summed E-state index contributed by atoms with van der Waals surface area (Å²) in [6.07, 6.45) is -2.41. The summed E-state index contributed by atoms with van der Waals surface area (Å²) in [5, 5.41) is 9.34. The molecule has 1 atom stereocenters. The summed E-state index contributed by atoms with van der Waals surface area (Å²) in [7, 11) is 1.69. The lowest BCUT2D eigenvalue weighted by atomic mass is 10.2. The number of hydrogen-bond acceptors (Lipinski definition) is 5. The minimum Gasteiger partial charge on any atom is -0.369 e. The van der Waals surface area contributed by atoms with Gasteiger partial charge in [-0.3, -0.25) is 4.99 Å². The van der Waals surface area contributed by atoms with Crippen LogP contribution in [0.4, 0.5) is 24.8 Å². The first-order valence-electron chi connectivity index (χ1n) is 9.78. The SMILES string of the molecule is CN=C(NCCNc1nccc(C(F)(F)F)n1)NC1CCN(c2ccc(C)cc2)C1.I. The standard InChI is InChI=1S/C20H26F3N7.HI/c1-14-3-5-16(6-4-14)30-12-8-15(13-30)28-18(24-2)26-10-11-27-19-25-9-7-17(29-19)20(21,22)23;/h3-7,9,15H,8,10-13H2,1-2H3,(H2,24,26,28)(H,25,27,29);1H. The third kappa shape index (κ3) is 7.40. The van der Waals surface area contributed by atoms with Crippen LogP contribution in [0.15, 0.2) is 41.5 Å². The molecular formula is C20H27F3IN7. The molecule has 3 N–H and O–H groups in total. The van der Waals surface area contributed by atoms with Gasteiger partial charge in [0.15, 0.2) is 5.96 Å². The number of nitrogens with one attached hydrogen (secondary N) is 3. The van der Waals surface area contributed by atoms with Gasteiger partial charge in [-0.15, -0.1) is 24.0 Å². The fourth-order valence-electron chi connectivity index (χ4n) is 3.21. The second-order valence-electron chi connectivity index (χ2n) is 7.10. The normalized spacial score (nSPS) is 16.6. The topological polar surface area (TPSA) is 77.5 Å². The van der Waals surface area contributed by atoms with Gasteiger partial charge in [0.05, 0.1) is 0 Å². The average molecular weight is 549 g/mol. The molecular weight excluding hydrogens is 522 g/mol. The highest BCUT2D eigenvalue weighted by atomic mass is 127. The number of alkyl halides is 3. The van der Waals surface area contributed by atoms with E-state index in [-0.39, 0.29) is 36.0 Å². The van der Waals surface area contributed by atoms with Crippen molar-refractivity contribution in [2.45, 2.75) is 25.6 Å². The van der Waals surface area contributed by atoms with Gasteiger partial charge in [0, 0.05) is 51.2 Å². The van der Waals surface area contributed by atoms with Crippen molar-refractivity contribution < 1.29 is 13.2 Å². The lowest BCUT2D eigenvalue weighted by Gasteiger charge is -2.20. The maximum absolute atomic E-state index is 12.7. The van der Waals surface area contributed by atoms with Gasteiger partial charge >= 0.3 is 6.18 Å². The smallest absolute Gasteiger partial charge is 0.369 e. The zero-order valence-corrected chi connectivity index (χ0v) is 19.7. The molecule has 31 heavy (non-hydrogen) atoms. The summed E-state index contributed by atoms with van der Waals surface area (Å²) >= 11 is 0. The Morgan fingerprint density at radius 1 is 1.19 bits per heavy atom. The predicted molar refractivity (Wildman–Crippen MR) is 127 cm³/mol. The zero-order chi connectivity index (χ0) is 21.6. The van der Waals surface area contributed by atoms with E-state index in [9.17, 15) is 13.2 Å². The zero-order valence-electron chi connectivity index (χ0n) is 17.4. The van der Waals surface area contributed by atoms with Crippen LogP contribution in [0.2, 0.25) is 0 Å². The van der Waals surface area contributed by atoms with E-state index in [0.717, 1.165) is 31.8 Å². The number of aliphatic imine (C=N–C) groups is 1. The van der Waals surface area contributed by atoms with Crippen molar-refractivity contribution in [2.75, 3.05) is 43.4 Å². The Kier molecular flexibility index (Phi) is 9.14. The molecule has 0 bridgehead atoms. The maximum atomic E-state index is 12.7. The largest absolute Gasteiger partial charge is 0.433 e. The molecule has 0 radical (unpaired) electrons. The fourth-order valence-corrected chi connectivity index (χ4v) is 3.21. The van der Waals surface area contributed by atoms with Crippen LogP contribution in [0.5, 0.6) is 0 Å². The number of hydrogen-bond donors (Lipinski definition) is 3. The van der Waals surface area contributed by atoms with Gasteiger partial charge in [-0.05, 0) is 31.5 Å². The molecule has 1 aromatic heterocycles. The Hall–Kier alpha value is -2.31. The first kappa shape index (κ1) is 25.0. The summed E-state index contributed by atoms with van der Waals surface area (Å²) < 4.78 is 38.1. The Bertz CT molecular complexity index is 859. The van der Waals surface area contributed by atoms with Crippen molar-refractivity contribution in [3.8, 4) is 0 Å². The molecule has 1 saturated heterocycles. The van der Waals surface area contributed by atoms with E-state index in [1.165, 1.54) is 11.3 Å². The molecule has 3 rings (SSSR count). The molecule has 170 valence electrons. The molecule has 1 aliphatic heterocycles. The van der Waals surface area contributed by atoms with Crippen molar-refractivity contribution in [3.63, 3.8) is 0 Å². The minimum absolute atomic E-state index is 0. The molecule has 0 aliphatic carbocycles. The third-order valence-electron chi connectivity index (χ3n) is 4.80. The molecule has 0 amide bonds. The lowest BCUT2D eigenvalue weighted by molar-refractivity contribution is -0.141. The van der Waals surface area contributed by atoms with Crippen LogP contribution in [0.3, 0.4) is 0 Å². The second kappa shape index (κ2) is 11.3. The number of aryl methyl sites for hydroxylation is 1. The predicted octanol–water partition coefficient (Wildman–Crippen LogP) is 3.28. The van der Waals surface area contributed by atoms with Crippen molar-refractivity contribution >= 4 is 41.6 Å². The summed E-state index contributed by atoms with van der Waals surface area (Å²) in [5.74, 6) is 0.594. The average Bonchev–Trinajstić information content (AvgIpc) is 3.19. The fraction of sp³-hybridized carbons (Fsp3) is 0.450. The number of aromatic nitrogens is 2. The molecule has 1 aliphatic rings. The highest BCUT2D eigenvalue weighted by Crippen LogP contribution is 2.27. The van der Waals surface area contributed by atoms with Crippen molar-refractivity contribution in [3.05, 3.63) is 47.8 Å². The Labute approximate surface area is 197 Å². The van der Waals surface area contributed by atoms with E-state index in [1.54, 1.807) is 7.05 Å². The van der Waals surface area contributed by atoms with E-state index in [4.69, 9.17) is 0 Å². The highest BCUT2D eigenvalue weighted by Gasteiger charge is 2.32. The summed E-state index contributed by atoms with van der Waals surface area (Å²) in [5.41, 5.74) is 1.48. The highest BCUT2D eigenvalue weighted by molar-refractivity contribution is 14.0. The van der Waals surface area contributed by atoms with E-state index in [0.29, 0.717) is 19.0 Å². The van der Waals surface area contributed by atoms with E-state index in [1.807, 2.05) is 0 Å². The Morgan fingerprint density at radius 3 is 2.61 bits per heavy atom. The number of nitrogens with zero attached hydrogens (tertiary/aromatic N) is 4. The number of halogens is 4. The first-order chi connectivity index (χ1) is 14.3. The van der Waals surface area contributed by atoms with Gasteiger partial charge in [0.25, 0.3) is 0 Å². The molecule has 0 saturated carbocycles. The van der Waals surface area contributed by atoms with Crippen LogP contribution >= 0.6 is 24.0 Å². The molecule has 2 heterocycles. The molecule has 1 unspecified atom stereocenters. The van der Waals surface area contributed by atoms with E-state index >= 15 is 0 Å². The molecule has 7 nitrogen and oxygen atoms in total. The number of benzene rings is 1. The first-order valence-corrected chi connectivity index (χ1v) is 9.78. The van der Waals surface area contributed by atoms with Gasteiger partial charge < -0.3 is 20.9 Å². The van der Waals surface area contributed by atoms with Crippen molar-refractivity contribution in [1.29, 1.82) is 0 Å². The molecule has 1 fully saturated rings. The molecule has 11 heteroatoms. The Morgan fingerprint density at radius 2 is 1.94 bits per heavy atom. The van der Waals surface area contributed by atoms with Crippen LogP contribution in [-0.4, -0.2) is 55.2 Å². The number of anilines is 2. The van der Waals surface area contributed by atoms with E-state index in [2.05, 4.69) is 67.0 Å². The van der Waals surface area contributed by atoms with Gasteiger partial charge in [0.1, 0.15) is 5.69 Å². The molecule has 0 spiro atoms. The lowest BCUT2D eigenvalue weighted by Crippen LogP contribution is -2.45. The van der Waals surface area contributed by atoms with Crippen LogP contribution in [0.1, 0.15) is 17.7 Å². The summed E-state index contributed by atoms with van der Waals surface area (Å²) in [6.45, 7) is 4.71. The van der Waals surface area contributed by atoms with Crippen LogP contribution in [-0.2, 0) is 6.18 Å². The van der Waals surface area contributed by atoms with Gasteiger partial charge in [-0.1, -0.05) is 17.7 Å². The monoisotopic (exact) mass is 549 g/mol. The van der Waals surface area contributed by atoms with Crippen LogP contribution < -0.4 is 20.9 Å². The van der Waals surface area contributed by atoms with Crippen molar-refractivity contribution in [1.82, 2.24) is 20.6 Å². The van der Waals surface area contributed by atoms with Crippen molar-refractivity contribution in [2.24, 2.45) is 4.99 Å². The van der Waals surface area contributed by atoms with Gasteiger partial charge in [-0.2, -0.15) is 13.2 Å². The van der Waals surface area contributed by atoms with Gasteiger partial charge in [-0.25, -0.2) is 9.97 Å². The third-order valence-corrected chi connectivity index (χ3v) is 4.80. The summed E-state index contributed by atoms with van der Waals surface area (Å²) in [6, 6.07) is 9.59. The maximum Gasteiger partial charge on any atom is 0.433 e. The van der Waals surface area contributed by atoms with Crippen LogP contribution in [0, 0.1) is 6.92 Å². The molecule has 2 aromatic rings. The molecule has 1 aromatic carbocycles. The summed E-state index contributed by atoms with van der Waals surface area (Å²) in [4.78, 5) is 13.8. The van der Waals surface area contributed by atoms with E-state index < -0.39 is 11.9 Å². The van der Waals surface area contributed by atoms with Crippen LogP contribution in [0.25, 0.3) is 0 Å².